The summed E-state index contributed by atoms with van der Waals surface area (Å²) in [7, 11) is 1.71. The molecule has 1 N–H and O–H groups in total. The zero-order valence-electron chi connectivity index (χ0n) is 10.9. The lowest BCUT2D eigenvalue weighted by molar-refractivity contribution is -0.138. The number of carbonyl (C=O) groups is 2. The third-order valence-corrected chi connectivity index (χ3v) is 3.38. The third-order valence-electron chi connectivity index (χ3n) is 2.85. The molecule has 0 radical (unpaired) electrons. The fourth-order valence-electron chi connectivity index (χ4n) is 1.69. The fraction of sp³-hybridized carbons (Fsp3) is 0.429. The first-order chi connectivity index (χ1) is 8.99. The number of rotatable bonds is 7. The molecule has 0 bridgehead atoms. The maximum Gasteiger partial charge on any atom is 0.303 e. The first-order valence-electron chi connectivity index (χ1n) is 6.19. The minimum absolute atomic E-state index is 0.0494. The average molecular weight is 328 g/mol. The molecule has 0 aliphatic rings. The van der Waals surface area contributed by atoms with Gasteiger partial charge in [0.2, 0.25) is 5.91 Å². The highest BCUT2D eigenvalue weighted by molar-refractivity contribution is 9.10. The van der Waals surface area contributed by atoms with E-state index in [0.29, 0.717) is 25.8 Å². The molecule has 0 fully saturated rings. The zero-order chi connectivity index (χ0) is 14.3. The SMILES string of the molecule is CN(CCCC(=O)O)C(=O)CCc1ccc(Br)cc1. The van der Waals surface area contributed by atoms with E-state index < -0.39 is 5.97 Å². The van der Waals surface area contributed by atoms with Crippen LogP contribution in [0.2, 0.25) is 0 Å². The lowest BCUT2D eigenvalue weighted by atomic mass is 10.1. The van der Waals surface area contributed by atoms with Gasteiger partial charge in [0.1, 0.15) is 0 Å². The van der Waals surface area contributed by atoms with E-state index in [1.54, 1.807) is 11.9 Å². The molecule has 19 heavy (non-hydrogen) atoms. The Morgan fingerprint density at radius 3 is 2.42 bits per heavy atom. The molecule has 4 nitrogen and oxygen atoms in total. The Kier molecular flexibility index (Phi) is 6.56. The lowest BCUT2D eigenvalue weighted by Crippen LogP contribution is -2.28. The highest BCUT2D eigenvalue weighted by atomic mass is 79.9. The van der Waals surface area contributed by atoms with Gasteiger partial charge in [-0.25, -0.2) is 0 Å². The van der Waals surface area contributed by atoms with Crippen molar-refractivity contribution in [3.63, 3.8) is 0 Å². The minimum atomic E-state index is -0.823. The van der Waals surface area contributed by atoms with E-state index in [0.717, 1.165) is 10.0 Å². The van der Waals surface area contributed by atoms with Gasteiger partial charge in [-0.15, -0.1) is 0 Å². The van der Waals surface area contributed by atoms with Crippen molar-refractivity contribution in [1.29, 1.82) is 0 Å². The normalized spacial score (nSPS) is 10.2. The summed E-state index contributed by atoms with van der Waals surface area (Å²) >= 11 is 3.37. The van der Waals surface area contributed by atoms with Gasteiger partial charge >= 0.3 is 5.97 Å². The van der Waals surface area contributed by atoms with Crippen LogP contribution in [0.3, 0.4) is 0 Å². The average Bonchev–Trinajstić information content (AvgIpc) is 2.37. The fourth-order valence-corrected chi connectivity index (χ4v) is 1.95. The summed E-state index contributed by atoms with van der Waals surface area (Å²) in [4.78, 5) is 23.8. The number of nitrogens with zero attached hydrogens (tertiary/aromatic N) is 1. The van der Waals surface area contributed by atoms with Gasteiger partial charge in [0.15, 0.2) is 0 Å². The van der Waals surface area contributed by atoms with E-state index in [2.05, 4.69) is 15.9 Å². The van der Waals surface area contributed by atoms with Crippen molar-refractivity contribution in [3.05, 3.63) is 34.3 Å². The van der Waals surface area contributed by atoms with Crippen LogP contribution in [0.5, 0.6) is 0 Å². The number of carboxylic acids is 1. The Morgan fingerprint density at radius 2 is 1.84 bits per heavy atom. The van der Waals surface area contributed by atoms with Crippen molar-refractivity contribution in [2.24, 2.45) is 0 Å². The molecular weight excluding hydrogens is 310 g/mol. The zero-order valence-corrected chi connectivity index (χ0v) is 12.5. The summed E-state index contributed by atoms with van der Waals surface area (Å²) in [5.74, 6) is -0.774. The molecule has 104 valence electrons. The van der Waals surface area contributed by atoms with E-state index in [-0.39, 0.29) is 12.3 Å². The van der Waals surface area contributed by atoms with Gasteiger partial charge in [0.05, 0.1) is 0 Å². The number of amides is 1. The molecule has 1 aromatic rings. The van der Waals surface area contributed by atoms with Gasteiger partial charge in [-0.2, -0.15) is 0 Å². The number of carboxylic acid groups (broad SMARTS) is 1. The summed E-state index contributed by atoms with van der Waals surface area (Å²) in [6.45, 7) is 0.492. The van der Waals surface area contributed by atoms with Crippen molar-refractivity contribution < 1.29 is 14.7 Å². The number of aryl methyl sites for hydroxylation is 1. The van der Waals surface area contributed by atoms with Crippen LogP contribution in [0.15, 0.2) is 28.7 Å². The van der Waals surface area contributed by atoms with Crippen LogP contribution in [0, 0.1) is 0 Å². The van der Waals surface area contributed by atoms with Gasteiger partial charge < -0.3 is 10.0 Å². The molecule has 1 rings (SSSR count). The van der Waals surface area contributed by atoms with Gasteiger partial charge in [-0.1, -0.05) is 28.1 Å². The van der Waals surface area contributed by atoms with E-state index in [9.17, 15) is 9.59 Å². The Morgan fingerprint density at radius 1 is 1.21 bits per heavy atom. The highest BCUT2D eigenvalue weighted by Gasteiger charge is 2.09. The third kappa shape index (κ3) is 6.38. The Balaban J connectivity index is 2.30. The van der Waals surface area contributed by atoms with Gasteiger partial charge in [0, 0.05) is 30.9 Å². The molecule has 0 aliphatic carbocycles. The summed E-state index contributed by atoms with van der Waals surface area (Å²) in [5, 5.41) is 8.53. The largest absolute Gasteiger partial charge is 0.481 e. The highest BCUT2D eigenvalue weighted by Crippen LogP contribution is 2.12. The molecular formula is C14H18BrNO3. The van der Waals surface area contributed by atoms with Crippen LogP contribution < -0.4 is 0 Å². The minimum Gasteiger partial charge on any atom is -0.481 e. The van der Waals surface area contributed by atoms with E-state index in [4.69, 9.17) is 5.11 Å². The molecule has 0 aliphatic heterocycles. The van der Waals surface area contributed by atoms with Gasteiger partial charge in [0.25, 0.3) is 0 Å². The predicted octanol–water partition coefficient (Wildman–Crippen LogP) is 2.70. The van der Waals surface area contributed by atoms with Crippen molar-refractivity contribution in [1.82, 2.24) is 4.90 Å². The standard InChI is InChI=1S/C14H18BrNO3/c1-16(10-2-3-14(18)19)13(17)9-6-11-4-7-12(15)8-5-11/h4-5,7-8H,2-3,6,9-10H2,1H3,(H,18,19). The molecule has 0 aromatic heterocycles. The maximum atomic E-state index is 11.8. The number of hydrogen-bond acceptors (Lipinski definition) is 2. The number of aliphatic carboxylic acids is 1. The van der Waals surface area contributed by atoms with Crippen molar-refractivity contribution in [2.75, 3.05) is 13.6 Å². The molecule has 0 saturated carbocycles. The van der Waals surface area contributed by atoms with Crippen LogP contribution >= 0.6 is 15.9 Å². The van der Waals surface area contributed by atoms with Crippen molar-refractivity contribution >= 4 is 27.8 Å². The smallest absolute Gasteiger partial charge is 0.303 e. The number of carbonyl (C=O) groups excluding carboxylic acids is 1. The number of benzene rings is 1. The topological polar surface area (TPSA) is 57.6 Å². The second-order valence-corrected chi connectivity index (χ2v) is 5.35. The monoisotopic (exact) mass is 327 g/mol. The molecule has 5 heteroatoms. The second-order valence-electron chi connectivity index (χ2n) is 4.44. The first-order valence-corrected chi connectivity index (χ1v) is 6.98. The number of halogens is 1. The van der Waals surface area contributed by atoms with Gasteiger partial charge in [-0.3, -0.25) is 9.59 Å². The van der Waals surface area contributed by atoms with E-state index in [1.165, 1.54) is 0 Å². The lowest BCUT2D eigenvalue weighted by Gasteiger charge is -2.16. The molecule has 0 unspecified atom stereocenters. The summed E-state index contributed by atoms with van der Waals surface area (Å²) < 4.78 is 1.02. The molecule has 1 amide bonds. The molecule has 0 atom stereocenters. The Hall–Kier alpha value is -1.36. The van der Waals surface area contributed by atoms with Crippen LogP contribution in [-0.2, 0) is 16.0 Å². The van der Waals surface area contributed by atoms with Crippen LogP contribution in [0.25, 0.3) is 0 Å². The first kappa shape index (κ1) is 15.7. The predicted molar refractivity (Wildman–Crippen MR) is 77.0 cm³/mol. The maximum absolute atomic E-state index is 11.8. The van der Waals surface area contributed by atoms with Crippen LogP contribution in [0.4, 0.5) is 0 Å². The molecule has 0 spiro atoms. The second kappa shape index (κ2) is 7.94. The van der Waals surface area contributed by atoms with Crippen molar-refractivity contribution in [2.45, 2.75) is 25.7 Å². The van der Waals surface area contributed by atoms with Crippen LogP contribution in [-0.4, -0.2) is 35.5 Å². The van der Waals surface area contributed by atoms with Crippen LogP contribution in [0.1, 0.15) is 24.8 Å². The Labute approximate surface area is 121 Å². The van der Waals surface area contributed by atoms with E-state index in [1.807, 2.05) is 24.3 Å². The van der Waals surface area contributed by atoms with Gasteiger partial charge in [-0.05, 0) is 30.5 Å². The molecule has 0 saturated heterocycles. The quantitative estimate of drug-likeness (QED) is 0.837. The number of hydrogen-bond donors (Lipinski definition) is 1. The molecule has 1 aromatic carbocycles. The summed E-state index contributed by atoms with van der Waals surface area (Å²) in [6, 6.07) is 7.89. The molecule has 0 heterocycles. The summed E-state index contributed by atoms with van der Waals surface area (Å²) in [5.41, 5.74) is 1.12. The van der Waals surface area contributed by atoms with Crippen molar-refractivity contribution in [3.8, 4) is 0 Å². The van der Waals surface area contributed by atoms with E-state index >= 15 is 0 Å². The summed E-state index contributed by atoms with van der Waals surface area (Å²) in [6.07, 6.45) is 1.75. The Bertz CT molecular complexity index is 431.